The number of hydrogen-bond donors (Lipinski definition) is 2. The van der Waals surface area contributed by atoms with E-state index in [1.165, 1.54) is 0 Å². The highest BCUT2D eigenvalue weighted by molar-refractivity contribution is 5.94. The molecule has 140 valence electrons. The molecule has 1 aromatic carbocycles. The van der Waals surface area contributed by atoms with Crippen LogP contribution in [0.1, 0.15) is 25.7 Å². The summed E-state index contributed by atoms with van der Waals surface area (Å²) in [5.41, 5.74) is 2.86. The van der Waals surface area contributed by atoms with E-state index < -0.39 is 0 Å². The molecule has 1 aliphatic carbocycles. The molecule has 0 bridgehead atoms. The minimum Gasteiger partial charge on any atom is -0.396 e. The van der Waals surface area contributed by atoms with Crippen molar-refractivity contribution < 1.29 is 9.90 Å². The molecule has 0 saturated heterocycles. The van der Waals surface area contributed by atoms with Gasteiger partial charge in [0.2, 0.25) is 5.91 Å². The predicted octanol–water partition coefficient (Wildman–Crippen LogP) is 2.77. The van der Waals surface area contributed by atoms with Crippen LogP contribution in [0.3, 0.4) is 0 Å². The summed E-state index contributed by atoms with van der Waals surface area (Å²) < 4.78 is 1.77. The van der Waals surface area contributed by atoms with E-state index >= 15 is 0 Å². The molecule has 1 amide bonds. The van der Waals surface area contributed by atoms with Crippen molar-refractivity contribution >= 4 is 22.6 Å². The topological polar surface area (TPSA) is 92.9 Å². The number of amides is 1. The Morgan fingerprint density at radius 1 is 1.19 bits per heavy atom. The number of aliphatic hydroxyl groups is 1. The molecule has 1 fully saturated rings. The third-order valence-electron chi connectivity index (χ3n) is 5.35. The number of nitrogens with zero attached hydrogens (tertiary/aromatic N) is 4. The Hall–Kier alpha value is -2.80. The molecule has 1 saturated carbocycles. The van der Waals surface area contributed by atoms with Gasteiger partial charge in [-0.1, -0.05) is 6.07 Å². The number of benzene rings is 1. The third-order valence-corrected chi connectivity index (χ3v) is 5.35. The van der Waals surface area contributed by atoms with Crippen molar-refractivity contribution in [2.24, 2.45) is 18.9 Å². The van der Waals surface area contributed by atoms with Crippen LogP contribution in [0.2, 0.25) is 0 Å². The van der Waals surface area contributed by atoms with E-state index in [1.807, 2.05) is 43.7 Å². The van der Waals surface area contributed by atoms with Gasteiger partial charge in [0.1, 0.15) is 0 Å². The lowest BCUT2D eigenvalue weighted by atomic mass is 9.82. The summed E-state index contributed by atoms with van der Waals surface area (Å²) >= 11 is 0. The van der Waals surface area contributed by atoms with Crippen LogP contribution in [-0.2, 0) is 11.8 Å². The van der Waals surface area contributed by atoms with Crippen molar-refractivity contribution in [3.8, 4) is 11.1 Å². The quantitative estimate of drug-likeness (QED) is 0.742. The largest absolute Gasteiger partial charge is 0.396 e. The Labute approximate surface area is 157 Å². The van der Waals surface area contributed by atoms with Crippen LogP contribution >= 0.6 is 0 Å². The van der Waals surface area contributed by atoms with E-state index in [1.54, 1.807) is 4.68 Å². The summed E-state index contributed by atoms with van der Waals surface area (Å²) in [5.74, 6) is 0.774. The Balaban J connectivity index is 1.51. The van der Waals surface area contributed by atoms with E-state index in [0.717, 1.165) is 47.7 Å². The SMILES string of the molecule is Cn1cc(-c2ccc3nnc(NC(=O)C4CCC(CO)CC4)cc3c2)cn1. The van der Waals surface area contributed by atoms with Crippen LogP contribution in [0.4, 0.5) is 5.82 Å². The number of aryl methyl sites for hydroxylation is 1. The molecule has 27 heavy (non-hydrogen) atoms. The Morgan fingerprint density at radius 3 is 2.70 bits per heavy atom. The van der Waals surface area contributed by atoms with Crippen molar-refractivity contribution in [2.75, 3.05) is 11.9 Å². The molecule has 2 N–H and O–H groups in total. The fraction of sp³-hybridized carbons (Fsp3) is 0.400. The Bertz CT molecular complexity index is 960. The Kier molecular flexibility index (Phi) is 4.85. The molecule has 2 aromatic heterocycles. The number of rotatable bonds is 4. The van der Waals surface area contributed by atoms with Gasteiger partial charge in [-0.25, -0.2) is 0 Å². The van der Waals surface area contributed by atoms with Crippen molar-refractivity contribution in [1.82, 2.24) is 20.0 Å². The lowest BCUT2D eigenvalue weighted by molar-refractivity contribution is -0.121. The average molecular weight is 365 g/mol. The number of carbonyl (C=O) groups excluding carboxylic acids is 1. The fourth-order valence-electron chi connectivity index (χ4n) is 3.69. The summed E-state index contributed by atoms with van der Waals surface area (Å²) in [6.07, 6.45) is 7.19. The zero-order valence-electron chi connectivity index (χ0n) is 15.3. The summed E-state index contributed by atoms with van der Waals surface area (Å²) in [4.78, 5) is 12.5. The molecule has 0 radical (unpaired) electrons. The second-order valence-corrected chi connectivity index (χ2v) is 7.30. The maximum absolute atomic E-state index is 12.5. The molecular formula is C20H23N5O2. The molecule has 2 heterocycles. The molecule has 0 atom stereocenters. The van der Waals surface area contributed by atoms with Crippen LogP contribution in [0.25, 0.3) is 22.0 Å². The van der Waals surface area contributed by atoms with Crippen LogP contribution in [0.5, 0.6) is 0 Å². The number of aromatic nitrogens is 4. The van der Waals surface area contributed by atoms with Gasteiger partial charge in [-0.15, -0.1) is 10.2 Å². The average Bonchev–Trinajstić information content (AvgIpc) is 3.14. The highest BCUT2D eigenvalue weighted by Gasteiger charge is 2.26. The maximum atomic E-state index is 12.5. The van der Waals surface area contributed by atoms with E-state index in [-0.39, 0.29) is 18.4 Å². The second-order valence-electron chi connectivity index (χ2n) is 7.30. The molecule has 0 aliphatic heterocycles. The van der Waals surface area contributed by atoms with Gasteiger partial charge in [-0.3, -0.25) is 9.48 Å². The van der Waals surface area contributed by atoms with Crippen molar-refractivity contribution in [3.63, 3.8) is 0 Å². The first-order valence-corrected chi connectivity index (χ1v) is 9.30. The van der Waals surface area contributed by atoms with E-state index in [4.69, 9.17) is 0 Å². The normalized spacial score (nSPS) is 19.9. The van der Waals surface area contributed by atoms with Gasteiger partial charge in [-0.2, -0.15) is 5.10 Å². The number of carbonyl (C=O) groups is 1. The number of anilines is 1. The van der Waals surface area contributed by atoms with Crippen LogP contribution in [0.15, 0.2) is 36.7 Å². The zero-order chi connectivity index (χ0) is 18.8. The van der Waals surface area contributed by atoms with E-state index in [9.17, 15) is 9.90 Å². The lowest BCUT2D eigenvalue weighted by Crippen LogP contribution is -2.28. The summed E-state index contributed by atoms with van der Waals surface area (Å²) in [6.45, 7) is 0.212. The summed E-state index contributed by atoms with van der Waals surface area (Å²) in [6, 6.07) is 7.81. The van der Waals surface area contributed by atoms with E-state index in [0.29, 0.717) is 11.7 Å². The second kappa shape index (κ2) is 7.44. The molecule has 0 spiro atoms. The van der Waals surface area contributed by atoms with Gasteiger partial charge in [0.05, 0.1) is 11.7 Å². The first-order chi connectivity index (χ1) is 13.1. The van der Waals surface area contributed by atoms with Crippen molar-refractivity contribution in [1.29, 1.82) is 0 Å². The van der Waals surface area contributed by atoms with Gasteiger partial charge < -0.3 is 10.4 Å². The van der Waals surface area contributed by atoms with Crippen LogP contribution in [0, 0.1) is 11.8 Å². The van der Waals surface area contributed by atoms with Gasteiger partial charge in [0.25, 0.3) is 0 Å². The van der Waals surface area contributed by atoms with E-state index in [2.05, 4.69) is 20.6 Å². The monoisotopic (exact) mass is 365 g/mol. The van der Waals surface area contributed by atoms with Crippen molar-refractivity contribution in [2.45, 2.75) is 25.7 Å². The van der Waals surface area contributed by atoms with Gasteiger partial charge in [-0.05, 0) is 55.4 Å². The van der Waals surface area contributed by atoms with Crippen molar-refractivity contribution in [3.05, 3.63) is 36.7 Å². The minimum absolute atomic E-state index is 0.0107. The predicted molar refractivity (Wildman–Crippen MR) is 103 cm³/mol. The molecule has 4 rings (SSSR count). The summed E-state index contributed by atoms with van der Waals surface area (Å²) in [5, 5.41) is 25.6. The number of fused-ring (bicyclic) bond motifs is 1. The molecule has 3 aromatic rings. The zero-order valence-corrected chi connectivity index (χ0v) is 15.3. The molecule has 7 nitrogen and oxygen atoms in total. The first-order valence-electron chi connectivity index (χ1n) is 9.30. The van der Waals surface area contributed by atoms with Gasteiger partial charge in [0.15, 0.2) is 5.82 Å². The maximum Gasteiger partial charge on any atom is 0.228 e. The van der Waals surface area contributed by atoms with Gasteiger partial charge in [0, 0.05) is 36.7 Å². The third kappa shape index (κ3) is 3.83. The minimum atomic E-state index is -0.0213. The Morgan fingerprint density at radius 2 is 2.00 bits per heavy atom. The molecular weight excluding hydrogens is 342 g/mol. The number of hydrogen-bond acceptors (Lipinski definition) is 5. The number of nitrogens with one attached hydrogen (secondary N) is 1. The molecule has 0 unspecified atom stereocenters. The first kappa shape index (κ1) is 17.6. The smallest absolute Gasteiger partial charge is 0.228 e. The lowest BCUT2D eigenvalue weighted by Gasteiger charge is -2.26. The highest BCUT2D eigenvalue weighted by Crippen LogP contribution is 2.29. The fourth-order valence-corrected chi connectivity index (χ4v) is 3.69. The van der Waals surface area contributed by atoms with Crippen LogP contribution in [-0.4, -0.2) is 37.6 Å². The van der Waals surface area contributed by atoms with Crippen LogP contribution < -0.4 is 5.32 Å². The molecule has 7 heteroatoms. The summed E-state index contributed by atoms with van der Waals surface area (Å²) in [7, 11) is 1.89. The molecule has 1 aliphatic rings. The van der Waals surface area contributed by atoms with Gasteiger partial charge >= 0.3 is 0 Å². The number of aliphatic hydroxyl groups excluding tert-OH is 1. The standard InChI is InChI=1S/C20H23N5O2/c1-25-11-17(10-21-25)15-6-7-18-16(8-15)9-19(24-23-18)22-20(27)14-4-2-13(12-26)3-5-14/h6-11,13-14,26H,2-5,12H2,1H3,(H,22,24,27). The highest BCUT2D eigenvalue weighted by atomic mass is 16.3.